The van der Waals surface area contributed by atoms with E-state index in [1.165, 1.54) is 4.90 Å². The largest absolute Gasteiger partial charge is 0.328 e. The number of carbonyl (C=O) groups excluding carboxylic acids is 2. The average molecular weight is 382 g/mol. The highest BCUT2D eigenvalue weighted by Gasteiger charge is 2.43. The van der Waals surface area contributed by atoms with Gasteiger partial charge in [0.05, 0.1) is 18.9 Å². The molecular weight excluding hydrogens is 360 g/mol. The fourth-order valence-corrected chi connectivity index (χ4v) is 3.48. The van der Waals surface area contributed by atoms with Crippen LogP contribution in [0.15, 0.2) is 30.3 Å². The maximum Gasteiger partial charge on any atom is 0.257 e. The van der Waals surface area contributed by atoms with Crippen LogP contribution in [-0.2, 0) is 31.1 Å². The van der Waals surface area contributed by atoms with E-state index in [0.29, 0.717) is 26.0 Å². The van der Waals surface area contributed by atoms with E-state index in [0.717, 1.165) is 11.8 Å². The van der Waals surface area contributed by atoms with Crippen LogP contribution in [0.4, 0.5) is 0 Å². The van der Waals surface area contributed by atoms with Crippen LogP contribution in [0.5, 0.6) is 0 Å². The summed E-state index contributed by atoms with van der Waals surface area (Å²) >= 11 is 0. The molecule has 2 heterocycles. The molecule has 2 N–H and O–H groups in total. The molecule has 2 bridgehead atoms. The number of hydrogen-bond acceptors (Lipinski definition) is 6. The maximum atomic E-state index is 12.4. The second-order valence-electron chi connectivity index (χ2n) is 6.49. The first kappa shape index (κ1) is 18.8. The Hall–Kier alpha value is -2.01. The van der Waals surface area contributed by atoms with E-state index in [9.17, 15) is 18.0 Å². The van der Waals surface area contributed by atoms with E-state index < -0.39 is 22.0 Å². The summed E-state index contributed by atoms with van der Waals surface area (Å²) in [7, 11) is -3.55. The minimum Gasteiger partial charge on any atom is -0.328 e. The zero-order chi connectivity index (χ0) is 18.7. The predicted octanol–water partition coefficient (Wildman–Crippen LogP) is -0.626. The topological polar surface area (TPSA) is 108 Å². The number of piperazine rings is 1. The Labute approximate surface area is 152 Å². The Morgan fingerprint density at radius 3 is 2.69 bits per heavy atom. The number of piperidine rings is 1. The summed E-state index contributed by atoms with van der Waals surface area (Å²) in [5, 5.41) is 1.69. The van der Waals surface area contributed by atoms with Crippen LogP contribution in [-0.4, -0.2) is 61.6 Å². The van der Waals surface area contributed by atoms with Crippen molar-refractivity contribution in [2.24, 2.45) is 0 Å². The van der Waals surface area contributed by atoms with Gasteiger partial charge in [-0.2, -0.15) is 5.06 Å². The van der Waals surface area contributed by atoms with Crippen LogP contribution in [0.2, 0.25) is 0 Å². The minimum atomic E-state index is -3.55. The summed E-state index contributed by atoms with van der Waals surface area (Å²) in [6.45, 7) is 0.832. The molecule has 2 saturated heterocycles. The summed E-state index contributed by atoms with van der Waals surface area (Å²) < 4.78 is 22.2. The standard InChI is InChI=1S/C16H22N4O5S/c1-26(23,24)18-17-16(22)14-8-7-13-9-19(14)15(21)10-20(13)25-11-12-5-3-2-4-6-12/h2-6,13-14,18H,7-11H2,1H3,(H,17,22). The fourth-order valence-electron chi connectivity index (χ4n) is 3.20. The quantitative estimate of drug-likeness (QED) is 0.635. The van der Waals surface area contributed by atoms with Gasteiger partial charge in [-0.05, 0) is 18.4 Å². The molecule has 2 atom stereocenters. The predicted molar refractivity (Wildman–Crippen MR) is 92.6 cm³/mol. The summed E-state index contributed by atoms with van der Waals surface area (Å²) in [4.78, 5) is 33.9. The Bertz CT molecular complexity index is 770. The van der Waals surface area contributed by atoms with Gasteiger partial charge >= 0.3 is 0 Å². The van der Waals surface area contributed by atoms with Gasteiger partial charge in [-0.1, -0.05) is 30.3 Å². The van der Waals surface area contributed by atoms with Crippen LogP contribution in [0.3, 0.4) is 0 Å². The van der Waals surface area contributed by atoms with Crippen molar-refractivity contribution in [3.63, 3.8) is 0 Å². The molecule has 9 nitrogen and oxygen atoms in total. The van der Waals surface area contributed by atoms with Gasteiger partial charge in [0.2, 0.25) is 15.9 Å². The molecule has 0 aliphatic carbocycles. The van der Waals surface area contributed by atoms with Crippen molar-refractivity contribution in [1.29, 1.82) is 0 Å². The van der Waals surface area contributed by atoms with Gasteiger partial charge in [0.25, 0.3) is 5.91 Å². The molecule has 10 heteroatoms. The van der Waals surface area contributed by atoms with Crippen molar-refractivity contribution in [3.8, 4) is 0 Å². The highest BCUT2D eigenvalue weighted by Crippen LogP contribution is 2.26. The summed E-state index contributed by atoms with van der Waals surface area (Å²) in [5.41, 5.74) is 3.17. The average Bonchev–Trinajstić information content (AvgIpc) is 2.62. The zero-order valence-electron chi connectivity index (χ0n) is 14.4. The minimum absolute atomic E-state index is 0.0170. The SMILES string of the molecule is CS(=O)(=O)NNC(=O)C1CCC2CN1C(=O)CN2OCc1ccccc1. The van der Waals surface area contributed by atoms with Crippen LogP contribution in [0, 0.1) is 0 Å². The summed E-state index contributed by atoms with van der Waals surface area (Å²) in [6.07, 6.45) is 2.06. The molecule has 2 aliphatic heterocycles. The first-order valence-corrected chi connectivity index (χ1v) is 10.2. The Morgan fingerprint density at radius 2 is 2.00 bits per heavy atom. The third-order valence-electron chi connectivity index (χ3n) is 4.48. The molecule has 26 heavy (non-hydrogen) atoms. The molecule has 2 fully saturated rings. The lowest BCUT2D eigenvalue weighted by Crippen LogP contribution is -2.65. The number of nitrogens with one attached hydrogen (secondary N) is 2. The van der Waals surface area contributed by atoms with E-state index >= 15 is 0 Å². The van der Waals surface area contributed by atoms with Crippen molar-refractivity contribution >= 4 is 21.8 Å². The molecular formula is C16H22N4O5S. The summed E-state index contributed by atoms with van der Waals surface area (Å²) in [5.74, 6) is -0.741. The monoisotopic (exact) mass is 382 g/mol. The normalized spacial score (nSPS) is 23.7. The Morgan fingerprint density at radius 1 is 1.27 bits per heavy atom. The number of hydrogen-bond donors (Lipinski definition) is 2. The van der Waals surface area contributed by atoms with E-state index in [2.05, 4.69) is 5.43 Å². The number of amides is 2. The molecule has 142 valence electrons. The smallest absolute Gasteiger partial charge is 0.257 e. The van der Waals surface area contributed by atoms with Gasteiger partial charge < -0.3 is 4.90 Å². The molecule has 1 aromatic rings. The third-order valence-corrected chi connectivity index (χ3v) is 4.95. The number of fused-ring (bicyclic) bond motifs is 2. The lowest BCUT2D eigenvalue weighted by Gasteiger charge is -2.46. The van der Waals surface area contributed by atoms with Gasteiger partial charge in [0.15, 0.2) is 0 Å². The van der Waals surface area contributed by atoms with E-state index in [1.54, 1.807) is 5.06 Å². The molecule has 2 aliphatic rings. The van der Waals surface area contributed by atoms with Crippen LogP contribution < -0.4 is 10.3 Å². The highest BCUT2D eigenvalue weighted by molar-refractivity contribution is 7.88. The molecule has 0 saturated carbocycles. The third kappa shape index (κ3) is 4.58. The number of nitrogens with zero attached hydrogens (tertiary/aromatic N) is 2. The zero-order valence-corrected chi connectivity index (χ0v) is 15.2. The summed E-state index contributed by atoms with van der Waals surface area (Å²) in [6, 6.07) is 9.03. The lowest BCUT2D eigenvalue weighted by molar-refractivity contribution is -0.226. The molecule has 2 amide bonds. The lowest BCUT2D eigenvalue weighted by atomic mass is 9.95. The van der Waals surface area contributed by atoms with Crippen molar-refractivity contribution in [3.05, 3.63) is 35.9 Å². The van der Waals surface area contributed by atoms with Gasteiger partial charge in [-0.15, -0.1) is 4.83 Å². The van der Waals surface area contributed by atoms with Gasteiger partial charge in [0, 0.05) is 6.54 Å². The fraction of sp³-hybridized carbons (Fsp3) is 0.500. The van der Waals surface area contributed by atoms with Gasteiger partial charge in [0.1, 0.15) is 12.6 Å². The van der Waals surface area contributed by atoms with Crippen LogP contribution >= 0.6 is 0 Å². The van der Waals surface area contributed by atoms with Crippen molar-refractivity contribution in [2.75, 3.05) is 19.3 Å². The van der Waals surface area contributed by atoms with Crippen molar-refractivity contribution < 1.29 is 22.8 Å². The second kappa shape index (κ2) is 7.70. The first-order valence-electron chi connectivity index (χ1n) is 8.33. The number of carbonyl (C=O) groups is 2. The first-order chi connectivity index (χ1) is 12.3. The molecule has 2 unspecified atom stereocenters. The van der Waals surface area contributed by atoms with Gasteiger partial charge in [-0.25, -0.2) is 8.42 Å². The number of hydrazine groups is 1. The number of hydroxylamine groups is 2. The number of rotatable bonds is 6. The van der Waals surface area contributed by atoms with Crippen LogP contribution in [0.1, 0.15) is 18.4 Å². The molecule has 3 rings (SSSR count). The molecule has 0 aromatic heterocycles. The van der Waals surface area contributed by atoms with Crippen molar-refractivity contribution in [1.82, 2.24) is 20.2 Å². The molecule has 1 aromatic carbocycles. The maximum absolute atomic E-state index is 12.4. The van der Waals surface area contributed by atoms with Gasteiger partial charge in [-0.3, -0.25) is 19.9 Å². The van der Waals surface area contributed by atoms with E-state index in [4.69, 9.17) is 4.84 Å². The Balaban J connectivity index is 1.57. The second-order valence-corrected chi connectivity index (χ2v) is 8.24. The van der Waals surface area contributed by atoms with E-state index in [-0.39, 0.29) is 18.5 Å². The molecule has 0 spiro atoms. The van der Waals surface area contributed by atoms with Crippen LogP contribution in [0.25, 0.3) is 0 Å². The molecule has 0 radical (unpaired) electrons. The van der Waals surface area contributed by atoms with Crippen molar-refractivity contribution in [2.45, 2.75) is 31.5 Å². The highest BCUT2D eigenvalue weighted by atomic mass is 32.2. The number of benzene rings is 1. The number of sulfonamides is 1. The van der Waals surface area contributed by atoms with E-state index in [1.807, 2.05) is 35.2 Å². The Kier molecular flexibility index (Phi) is 5.56.